The van der Waals surface area contributed by atoms with Crippen molar-refractivity contribution in [1.82, 2.24) is 4.72 Å². The molecule has 0 amide bonds. The van der Waals surface area contributed by atoms with E-state index in [9.17, 15) is 17.6 Å². The van der Waals surface area contributed by atoms with Crippen molar-refractivity contribution in [3.8, 4) is 0 Å². The second kappa shape index (κ2) is 6.44. The number of sulfonamides is 1. The summed E-state index contributed by atoms with van der Waals surface area (Å²) in [6.45, 7) is 0.959. The highest BCUT2D eigenvalue weighted by atomic mass is 79.9. The van der Waals surface area contributed by atoms with E-state index in [-0.39, 0.29) is 12.1 Å². The summed E-state index contributed by atoms with van der Waals surface area (Å²) in [5.74, 6) is -1.40. The van der Waals surface area contributed by atoms with Crippen LogP contribution in [0.1, 0.15) is 12.5 Å². The molecule has 106 valence electrons. The first-order valence-corrected chi connectivity index (χ1v) is 7.62. The molecule has 0 saturated carbocycles. The van der Waals surface area contributed by atoms with Crippen LogP contribution in [0.3, 0.4) is 0 Å². The lowest BCUT2D eigenvalue weighted by Crippen LogP contribution is -2.37. The van der Waals surface area contributed by atoms with Gasteiger partial charge in [-0.3, -0.25) is 4.79 Å². The summed E-state index contributed by atoms with van der Waals surface area (Å²) in [6.07, 6.45) is 0. The minimum Gasteiger partial charge on any atom is -0.468 e. The quantitative estimate of drug-likeness (QED) is 0.815. The molecule has 8 heteroatoms. The Bertz CT molecular complexity index is 576. The second-order valence-electron chi connectivity index (χ2n) is 3.77. The topological polar surface area (TPSA) is 72.5 Å². The zero-order valence-electron chi connectivity index (χ0n) is 10.3. The Kier molecular flexibility index (Phi) is 5.45. The molecule has 19 heavy (non-hydrogen) atoms. The van der Waals surface area contributed by atoms with Gasteiger partial charge in [0, 0.05) is 16.6 Å². The molecule has 0 radical (unpaired) electrons. The van der Waals surface area contributed by atoms with E-state index in [1.54, 1.807) is 0 Å². The van der Waals surface area contributed by atoms with Crippen LogP contribution < -0.4 is 4.72 Å². The SMILES string of the molecule is COC(=O)C(C)S(=O)(=O)NCc1cc(Br)ccc1F. The smallest absolute Gasteiger partial charge is 0.325 e. The van der Waals surface area contributed by atoms with Gasteiger partial charge in [-0.25, -0.2) is 17.5 Å². The Labute approximate surface area is 119 Å². The molecular formula is C11H13BrFNO4S. The minimum atomic E-state index is -3.91. The third-order valence-electron chi connectivity index (χ3n) is 2.47. The zero-order chi connectivity index (χ0) is 14.6. The monoisotopic (exact) mass is 353 g/mol. The van der Waals surface area contributed by atoms with Gasteiger partial charge < -0.3 is 4.74 Å². The van der Waals surface area contributed by atoms with E-state index < -0.39 is 27.1 Å². The van der Waals surface area contributed by atoms with Gasteiger partial charge in [-0.2, -0.15) is 0 Å². The number of methoxy groups -OCH3 is 1. The van der Waals surface area contributed by atoms with Crippen molar-refractivity contribution in [3.63, 3.8) is 0 Å². The summed E-state index contributed by atoms with van der Waals surface area (Å²) >= 11 is 3.16. The van der Waals surface area contributed by atoms with Crippen LogP contribution in [0.15, 0.2) is 22.7 Å². The van der Waals surface area contributed by atoms with Crippen molar-refractivity contribution < 1.29 is 22.3 Å². The number of carbonyl (C=O) groups excluding carboxylic acids is 1. The molecule has 0 aliphatic carbocycles. The standard InChI is InChI=1S/C11H13BrFNO4S/c1-7(11(15)18-2)19(16,17)14-6-8-5-9(12)3-4-10(8)13/h3-5,7,14H,6H2,1-2H3. The zero-order valence-corrected chi connectivity index (χ0v) is 12.7. The van der Waals surface area contributed by atoms with Crippen molar-refractivity contribution in [2.75, 3.05) is 7.11 Å². The van der Waals surface area contributed by atoms with Crippen LogP contribution in [-0.2, 0) is 26.1 Å². The summed E-state index contributed by atoms with van der Waals surface area (Å²) in [6, 6.07) is 4.18. The maximum atomic E-state index is 13.4. The van der Waals surface area contributed by atoms with Gasteiger partial charge in [0.05, 0.1) is 7.11 Å². The second-order valence-corrected chi connectivity index (χ2v) is 6.77. The molecule has 0 aliphatic heterocycles. The fourth-order valence-corrected chi connectivity index (χ4v) is 2.64. The van der Waals surface area contributed by atoms with Gasteiger partial charge in [0.25, 0.3) is 0 Å². The Hall–Kier alpha value is -0.990. The molecule has 0 aromatic heterocycles. The molecule has 0 spiro atoms. The highest BCUT2D eigenvalue weighted by Crippen LogP contribution is 2.16. The lowest BCUT2D eigenvalue weighted by molar-refractivity contribution is -0.139. The average Bonchev–Trinajstić information content (AvgIpc) is 2.38. The Morgan fingerprint density at radius 3 is 2.74 bits per heavy atom. The normalized spacial score (nSPS) is 13.1. The van der Waals surface area contributed by atoms with E-state index in [4.69, 9.17) is 0 Å². The van der Waals surface area contributed by atoms with E-state index in [1.165, 1.54) is 25.1 Å². The molecule has 1 unspecified atom stereocenters. The lowest BCUT2D eigenvalue weighted by Gasteiger charge is -2.12. The maximum absolute atomic E-state index is 13.4. The summed E-state index contributed by atoms with van der Waals surface area (Å²) in [5, 5.41) is -1.35. The molecule has 1 aromatic carbocycles. The fourth-order valence-electron chi connectivity index (χ4n) is 1.27. The molecule has 1 atom stereocenters. The van der Waals surface area contributed by atoms with Crippen molar-refractivity contribution in [2.24, 2.45) is 0 Å². The molecule has 0 heterocycles. The van der Waals surface area contributed by atoms with Crippen LogP contribution in [0.2, 0.25) is 0 Å². The molecule has 1 rings (SSSR count). The van der Waals surface area contributed by atoms with Crippen LogP contribution in [0.4, 0.5) is 4.39 Å². The Morgan fingerprint density at radius 1 is 1.53 bits per heavy atom. The van der Waals surface area contributed by atoms with Gasteiger partial charge in [0.1, 0.15) is 5.82 Å². The van der Waals surface area contributed by atoms with E-state index in [0.29, 0.717) is 4.47 Å². The van der Waals surface area contributed by atoms with Crippen molar-refractivity contribution >= 4 is 31.9 Å². The number of esters is 1. The van der Waals surface area contributed by atoms with Crippen LogP contribution >= 0.6 is 15.9 Å². The van der Waals surface area contributed by atoms with Crippen molar-refractivity contribution in [3.05, 3.63) is 34.1 Å². The van der Waals surface area contributed by atoms with E-state index >= 15 is 0 Å². The third kappa shape index (κ3) is 4.26. The number of hydrogen-bond acceptors (Lipinski definition) is 4. The first kappa shape index (κ1) is 16.1. The molecule has 0 saturated heterocycles. The summed E-state index contributed by atoms with van der Waals surface area (Å²) in [7, 11) is -2.81. The van der Waals surface area contributed by atoms with E-state index in [1.807, 2.05) is 0 Å². The van der Waals surface area contributed by atoms with Crippen molar-refractivity contribution in [1.29, 1.82) is 0 Å². The summed E-state index contributed by atoms with van der Waals surface area (Å²) in [4.78, 5) is 11.2. The van der Waals surface area contributed by atoms with Gasteiger partial charge in [0.15, 0.2) is 5.25 Å². The lowest BCUT2D eigenvalue weighted by atomic mass is 10.2. The van der Waals surface area contributed by atoms with Crippen LogP contribution in [0, 0.1) is 5.82 Å². The number of benzene rings is 1. The fraction of sp³-hybridized carbons (Fsp3) is 0.364. The van der Waals surface area contributed by atoms with Crippen LogP contribution in [0.25, 0.3) is 0 Å². The Morgan fingerprint density at radius 2 is 2.16 bits per heavy atom. The minimum absolute atomic E-state index is 0.176. The largest absolute Gasteiger partial charge is 0.468 e. The molecular weight excluding hydrogens is 341 g/mol. The highest BCUT2D eigenvalue weighted by Gasteiger charge is 2.28. The summed E-state index contributed by atoms with van der Waals surface area (Å²) in [5.41, 5.74) is 0.176. The molecule has 0 fully saturated rings. The predicted octanol–water partition coefficient (Wildman–Crippen LogP) is 1.57. The van der Waals surface area contributed by atoms with Gasteiger partial charge in [-0.05, 0) is 25.1 Å². The number of nitrogens with one attached hydrogen (secondary N) is 1. The maximum Gasteiger partial charge on any atom is 0.325 e. The molecule has 1 aromatic rings. The number of rotatable bonds is 5. The number of carbonyl (C=O) groups is 1. The number of ether oxygens (including phenoxy) is 1. The van der Waals surface area contributed by atoms with Gasteiger partial charge >= 0.3 is 5.97 Å². The van der Waals surface area contributed by atoms with Gasteiger partial charge in [-0.15, -0.1) is 0 Å². The Balaban J connectivity index is 2.81. The highest BCUT2D eigenvalue weighted by molar-refractivity contribution is 9.10. The molecule has 1 N–H and O–H groups in total. The van der Waals surface area contributed by atoms with E-state index in [2.05, 4.69) is 25.4 Å². The summed E-state index contributed by atoms with van der Waals surface area (Å²) < 4.78 is 44.1. The first-order chi connectivity index (χ1) is 8.77. The van der Waals surface area contributed by atoms with E-state index in [0.717, 1.165) is 7.11 Å². The van der Waals surface area contributed by atoms with Crippen molar-refractivity contribution in [2.45, 2.75) is 18.7 Å². The number of halogens is 2. The van der Waals surface area contributed by atoms with Gasteiger partial charge in [-0.1, -0.05) is 15.9 Å². The molecule has 5 nitrogen and oxygen atoms in total. The first-order valence-electron chi connectivity index (χ1n) is 5.28. The predicted molar refractivity (Wildman–Crippen MR) is 71.3 cm³/mol. The van der Waals surface area contributed by atoms with Gasteiger partial charge in [0.2, 0.25) is 10.0 Å². The third-order valence-corrected chi connectivity index (χ3v) is 4.63. The average molecular weight is 354 g/mol. The molecule has 0 bridgehead atoms. The molecule has 0 aliphatic rings. The number of hydrogen-bond donors (Lipinski definition) is 1. The van der Waals surface area contributed by atoms with Crippen LogP contribution in [-0.4, -0.2) is 26.7 Å². The van der Waals surface area contributed by atoms with Crippen LogP contribution in [0.5, 0.6) is 0 Å².